The van der Waals surface area contributed by atoms with Crippen molar-refractivity contribution >= 4 is 5.78 Å². The highest BCUT2D eigenvalue weighted by atomic mass is 16.1. The van der Waals surface area contributed by atoms with Gasteiger partial charge in [0.15, 0.2) is 5.78 Å². The number of rotatable bonds is 6. The van der Waals surface area contributed by atoms with Crippen LogP contribution in [0, 0.1) is 5.92 Å². The molecule has 1 aromatic carbocycles. The summed E-state index contributed by atoms with van der Waals surface area (Å²) in [6.07, 6.45) is 7.29. The molecule has 0 aromatic heterocycles. The average molecular weight is 287 g/mol. The Hall–Kier alpha value is -1.15. The number of nitrogens with zero attached hydrogens (tertiary/aromatic N) is 1. The van der Waals surface area contributed by atoms with Crippen LogP contribution in [0.4, 0.5) is 0 Å². The number of benzene rings is 1. The molecule has 0 heterocycles. The molecule has 0 aliphatic heterocycles. The van der Waals surface area contributed by atoms with E-state index in [1.54, 1.807) is 0 Å². The van der Waals surface area contributed by atoms with Crippen molar-refractivity contribution in [2.75, 3.05) is 20.6 Å². The van der Waals surface area contributed by atoms with Gasteiger partial charge in [-0.25, -0.2) is 0 Å². The largest absolute Gasteiger partial charge is 0.309 e. The summed E-state index contributed by atoms with van der Waals surface area (Å²) in [5.41, 5.74) is 2.29. The van der Waals surface area contributed by atoms with E-state index in [0.29, 0.717) is 12.3 Å². The summed E-state index contributed by atoms with van der Waals surface area (Å²) in [6, 6.07) is 8.41. The molecule has 1 fully saturated rings. The van der Waals surface area contributed by atoms with Gasteiger partial charge in [0.05, 0.1) is 0 Å². The lowest BCUT2D eigenvalue weighted by Crippen LogP contribution is -2.16. The van der Waals surface area contributed by atoms with Crippen molar-refractivity contribution in [2.45, 2.75) is 51.4 Å². The van der Waals surface area contributed by atoms with E-state index in [1.165, 1.54) is 37.7 Å². The maximum absolute atomic E-state index is 12.1. The van der Waals surface area contributed by atoms with Gasteiger partial charge >= 0.3 is 0 Å². The average Bonchev–Trinajstić information content (AvgIpc) is 2.53. The quantitative estimate of drug-likeness (QED) is 0.718. The zero-order valence-corrected chi connectivity index (χ0v) is 13.8. The van der Waals surface area contributed by atoms with Crippen molar-refractivity contribution in [2.24, 2.45) is 5.92 Å². The van der Waals surface area contributed by atoms with E-state index in [0.717, 1.165) is 18.0 Å². The molecule has 21 heavy (non-hydrogen) atoms. The fourth-order valence-electron chi connectivity index (χ4n) is 3.31. The Morgan fingerprint density at radius 2 is 1.71 bits per heavy atom. The first-order valence-electron chi connectivity index (χ1n) is 8.38. The monoisotopic (exact) mass is 287 g/mol. The summed E-state index contributed by atoms with van der Waals surface area (Å²) in [7, 11) is 4.01. The fourth-order valence-corrected chi connectivity index (χ4v) is 3.31. The van der Waals surface area contributed by atoms with Crippen molar-refractivity contribution in [1.82, 2.24) is 4.90 Å². The maximum atomic E-state index is 12.1. The van der Waals surface area contributed by atoms with E-state index < -0.39 is 0 Å². The van der Waals surface area contributed by atoms with Crippen LogP contribution in [0.25, 0.3) is 0 Å². The first-order valence-corrected chi connectivity index (χ1v) is 8.38. The minimum atomic E-state index is 0.255. The Bertz CT molecular complexity index is 441. The molecule has 1 aliphatic carbocycles. The van der Waals surface area contributed by atoms with Crippen LogP contribution in [0.3, 0.4) is 0 Å². The highest BCUT2D eigenvalue weighted by molar-refractivity contribution is 5.96. The second-order valence-electron chi connectivity index (χ2n) is 6.72. The number of hydrogen-bond donors (Lipinski definition) is 0. The van der Waals surface area contributed by atoms with Gasteiger partial charge in [-0.3, -0.25) is 4.79 Å². The highest BCUT2D eigenvalue weighted by Crippen LogP contribution is 2.36. The maximum Gasteiger partial charge on any atom is 0.164 e. The molecule has 0 saturated heterocycles. The van der Waals surface area contributed by atoms with E-state index >= 15 is 0 Å². The van der Waals surface area contributed by atoms with Gasteiger partial charge in [-0.15, -0.1) is 0 Å². The second-order valence-corrected chi connectivity index (χ2v) is 6.72. The third kappa shape index (κ3) is 4.67. The zero-order valence-electron chi connectivity index (χ0n) is 13.8. The van der Waals surface area contributed by atoms with E-state index in [2.05, 4.69) is 24.0 Å². The Labute approximate surface area is 129 Å². The molecular weight excluding hydrogens is 258 g/mol. The molecule has 2 rings (SSSR count). The molecule has 1 saturated carbocycles. The fraction of sp³-hybridized carbons (Fsp3) is 0.632. The molecule has 1 aromatic rings. The van der Waals surface area contributed by atoms with Crippen LogP contribution in [-0.2, 0) is 0 Å². The lowest BCUT2D eigenvalue weighted by Gasteiger charge is -2.28. The van der Waals surface area contributed by atoms with E-state index in [-0.39, 0.29) is 5.78 Å². The predicted octanol–water partition coefficient (Wildman–Crippen LogP) is 4.50. The minimum Gasteiger partial charge on any atom is -0.309 e. The third-order valence-corrected chi connectivity index (χ3v) is 4.91. The van der Waals surface area contributed by atoms with Gasteiger partial charge in [0.25, 0.3) is 0 Å². The van der Waals surface area contributed by atoms with Crippen LogP contribution in [0.1, 0.15) is 67.3 Å². The summed E-state index contributed by atoms with van der Waals surface area (Å²) in [4.78, 5) is 14.1. The summed E-state index contributed by atoms with van der Waals surface area (Å²) in [6.45, 7) is 3.13. The summed E-state index contributed by atoms with van der Waals surface area (Å²) >= 11 is 0. The van der Waals surface area contributed by atoms with Crippen molar-refractivity contribution in [1.29, 1.82) is 0 Å². The standard InChI is InChI=1S/C19H29NO/c1-4-15-5-7-16(8-6-15)17-9-11-18(12-10-17)19(21)13-14-20(2)3/h9-12,15-16H,4-8,13-14H2,1-3H3. The first-order chi connectivity index (χ1) is 10.1. The molecule has 116 valence electrons. The Morgan fingerprint density at radius 3 is 2.24 bits per heavy atom. The van der Waals surface area contributed by atoms with Crippen LogP contribution in [0.15, 0.2) is 24.3 Å². The van der Waals surface area contributed by atoms with Gasteiger partial charge in [0.2, 0.25) is 0 Å². The van der Waals surface area contributed by atoms with Crippen LogP contribution < -0.4 is 0 Å². The molecule has 0 N–H and O–H groups in total. The van der Waals surface area contributed by atoms with E-state index in [1.807, 2.05) is 26.2 Å². The smallest absolute Gasteiger partial charge is 0.164 e. The number of carbonyl (C=O) groups excluding carboxylic acids is 1. The Balaban J connectivity index is 1.91. The number of hydrogen-bond acceptors (Lipinski definition) is 2. The van der Waals surface area contributed by atoms with Crippen LogP contribution in [0.2, 0.25) is 0 Å². The molecule has 0 amide bonds. The van der Waals surface area contributed by atoms with Crippen molar-refractivity contribution < 1.29 is 4.79 Å². The number of ketones is 1. The van der Waals surface area contributed by atoms with Gasteiger partial charge in [-0.1, -0.05) is 37.6 Å². The summed E-state index contributed by atoms with van der Waals surface area (Å²) < 4.78 is 0. The molecule has 0 bridgehead atoms. The molecule has 2 heteroatoms. The first kappa shape index (κ1) is 16.2. The molecule has 1 aliphatic rings. The third-order valence-electron chi connectivity index (χ3n) is 4.91. The van der Waals surface area contributed by atoms with E-state index in [9.17, 15) is 4.79 Å². The van der Waals surface area contributed by atoms with Crippen LogP contribution >= 0.6 is 0 Å². The van der Waals surface area contributed by atoms with Gasteiger partial charge in [0.1, 0.15) is 0 Å². The van der Waals surface area contributed by atoms with Crippen LogP contribution in [-0.4, -0.2) is 31.3 Å². The van der Waals surface area contributed by atoms with E-state index in [4.69, 9.17) is 0 Å². The lowest BCUT2D eigenvalue weighted by molar-refractivity contribution is 0.0972. The molecule has 0 unspecified atom stereocenters. The van der Waals surface area contributed by atoms with Gasteiger partial charge < -0.3 is 4.90 Å². The lowest BCUT2D eigenvalue weighted by atomic mass is 9.78. The zero-order chi connectivity index (χ0) is 15.2. The second kappa shape index (κ2) is 7.74. The SMILES string of the molecule is CCC1CCC(c2ccc(C(=O)CCN(C)C)cc2)CC1. The molecule has 0 spiro atoms. The van der Waals surface area contributed by atoms with Crippen molar-refractivity contribution in [3.8, 4) is 0 Å². The summed E-state index contributed by atoms with van der Waals surface area (Å²) in [5, 5.41) is 0. The predicted molar refractivity (Wildman–Crippen MR) is 88.9 cm³/mol. The summed E-state index contributed by atoms with van der Waals surface area (Å²) in [5.74, 6) is 1.90. The normalized spacial score (nSPS) is 22.5. The molecule has 2 nitrogen and oxygen atoms in total. The van der Waals surface area contributed by atoms with Gasteiger partial charge in [0, 0.05) is 18.5 Å². The number of Topliss-reactive ketones (excluding diaryl/α,β-unsaturated/α-hetero) is 1. The Kier molecular flexibility index (Phi) is 5.98. The van der Waals surface area contributed by atoms with Crippen molar-refractivity contribution in [3.63, 3.8) is 0 Å². The van der Waals surface area contributed by atoms with Crippen LogP contribution in [0.5, 0.6) is 0 Å². The molecular formula is C19H29NO. The molecule has 0 atom stereocenters. The number of carbonyl (C=O) groups is 1. The Morgan fingerprint density at radius 1 is 1.10 bits per heavy atom. The molecule has 0 radical (unpaired) electrons. The highest BCUT2D eigenvalue weighted by Gasteiger charge is 2.21. The van der Waals surface area contributed by atoms with Gasteiger partial charge in [-0.2, -0.15) is 0 Å². The topological polar surface area (TPSA) is 20.3 Å². The van der Waals surface area contributed by atoms with Crippen molar-refractivity contribution in [3.05, 3.63) is 35.4 Å². The van der Waals surface area contributed by atoms with Gasteiger partial charge in [-0.05, 0) is 57.2 Å². The minimum absolute atomic E-state index is 0.255.